The van der Waals surface area contributed by atoms with E-state index in [1.807, 2.05) is 31.7 Å². The highest BCUT2D eigenvalue weighted by molar-refractivity contribution is 6.40. The summed E-state index contributed by atoms with van der Waals surface area (Å²) in [6.45, 7) is 10.4. The number of alkyl halides is 2. The number of piperazine rings is 1. The lowest BCUT2D eigenvalue weighted by atomic mass is 9.88. The Balaban J connectivity index is 1.11. The first kappa shape index (κ1) is 28.2. The zero-order valence-electron chi connectivity index (χ0n) is 23.5. The third kappa shape index (κ3) is 6.69. The number of halogens is 2. The standard InChI is InChI=1S/C31H38F2N4O3/c1-31(2,3)40-30(39)37-12-10-22(11-13-37)24-8-9-26-25(18-24)19-27(34-26)29(38)36-16-14-35(15-17-36)20-21-4-6-23(7-5-21)28(32)33/h4-9,18,22,28H,10-17,19-20H2,1-3H3. The van der Waals surface area contributed by atoms with Crippen LogP contribution in [0.3, 0.4) is 0 Å². The second-order valence-corrected chi connectivity index (χ2v) is 12.0. The van der Waals surface area contributed by atoms with E-state index < -0.39 is 12.0 Å². The molecule has 3 heterocycles. The van der Waals surface area contributed by atoms with E-state index in [1.54, 1.807) is 17.0 Å². The number of benzene rings is 2. The van der Waals surface area contributed by atoms with Crippen molar-refractivity contribution in [2.75, 3.05) is 39.3 Å². The highest BCUT2D eigenvalue weighted by Crippen LogP contribution is 2.34. The maximum atomic E-state index is 13.3. The van der Waals surface area contributed by atoms with Crippen LogP contribution in [0.2, 0.25) is 0 Å². The van der Waals surface area contributed by atoms with Gasteiger partial charge in [-0.25, -0.2) is 18.6 Å². The molecule has 3 aliphatic rings. The molecule has 2 aromatic rings. The summed E-state index contributed by atoms with van der Waals surface area (Å²) < 4.78 is 31.1. The van der Waals surface area contributed by atoms with Crippen LogP contribution in [0.5, 0.6) is 0 Å². The van der Waals surface area contributed by atoms with Gasteiger partial charge in [0.25, 0.3) is 12.3 Å². The molecular weight excluding hydrogens is 514 g/mol. The molecule has 0 atom stereocenters. The van der Waals surface area contributed by atoms with Gasteiger partial charge in [0.1, 0.15) is 11.3 Å². The summed E-state index contributed by atoms with van der Waals surface area (Å²) in [5.41, 5.74) is 4.30. The fourth-order valence-corrected chi connectivity index (χ4v) is 5.64. The van der Waals surface area contributed by atoms with Crippen molar-refractivity contribution in [2.45, 2.75) is 64.5 Å². The molecule has 40 heavy (non-hydrogen) atoms. The lowest BCUT2D eigenvalue weighted by Crippen LogP contribution is -2.50. The van der Waals surface area contributed by atoms with E-state index in [-0.39, 0.29) is 17.6 Å². The Labute approximate surface area is 234 Å². The molecule has 5 rings (SSSR count). The Morgan fingerprint density at radius 2 is 1.62 bits per heavy atom. The fourth-order valence-electron chi connectivity index (χ4n) is 5.64. The summed E-state index contributed by atoms with van der Waals surface area (Å²) in [7, 11) is 0. The summed E-state index contributed by atoms with van der Waals surface area (Å²) in [6, 6.07) is 12.8. The number of hydrogen-bond acceptors (Lipinski definition) is 5. The van der Waals surface area contributed by atoms with Gasteiger partial charge in [0.05, 0.1) is 5.69 Å². The molecule has 0 saturated carbocycles. The van der Waals surface area contributed by atoms with E-state index in [0.29, 0.717) is 50.8 Å². The van der Waals surface area contributed by atoms with Gasteiger partial charge in [0.2, 0.25) is 0 Å². The maximum Gasteiger partial charge on any atom is 0.410 e. The van der Waals surface area contributed by atoms with Gasteiger partial charge in [0.15, 0.2) is 0 Å². The zero-order chi connectivity index (χ0) is 28.4. The molecule has 2 amide bonds. The fraction of sp³-hybridized carbons (Fsp3) is 0.516. The number of fused-ring (bicyclic) bond motifs is 1. The van der Waals surface area contributed by atoms with E-state index in [9.17, 15) is 18.4 Å². The number of aliphatic imine (C=N–C) groups is 1. The Morgan fingerprint density at radius 3 is 2.25 bits per heavy atom. The molecule has 0 radical (unpaired) electrons. The van der Waals surface area contributed by atoms with Crippen LogP contribution >= 0.6 is 0 Å². The molecule has 3 aliphatic heterocycles. The minimum atomic E-state index is -2.45. The first-order valence-corrected chi connectivity index (χ1v) is 14.1. The van der Waals surface area contributed by atoms with Crippen molar-refractivity contribution in [1.82, 2.24) is 14.7 Å². The number of carbonyl (C=O) groups excluding carboxylic acids is 2. The molecule has 0 N–H and O–H groups in total. The van der Waals surface area contributed by atoms with Gasteiger partial charge >= 0.3 is 6.09 Å². The third-order valence-electron chi connectivity index (χ3n) is 7.88. The van der Waals surface area contributed by atoms with E-state index in [0.717, 1.165) is 42.7 Å². The van der Waals surface area contributed by atoms with Crippen LogP contribution in [0.25, 0.3) is 0 Å². The summed E-state index contributed by atoms with van der Waals surface area (Å²) in [5, 5.41) is 0. The molecule has 0 bridgehead atoms. The highest BCUT2D eigenvalue weighted by atomic mass is 19.3. The van der Waals surface area contributed by atoms with Gasteiger partial charge in [-0.15, -0.1) is 0 Å². The monoisotopic (exact) mass is 552 g/mol. The molecule has 0 aliphatic carbocycles. The summed E-state index contributed by atoms with van der Waals surface area (Å²) in [6.07, 6.45) is -0.406. The SMILES string of the molecule is CC(C)(C)OC(=O)N1CCC(c2ccc3c(c2)CC(C(=O)N2CCN(Cc4ccc(C(F)F)cc4)CC2)=N3)CC1. The van der Waals surface area contributed by atoms with E-state index >= 15 is 0 Å². The number of carbonyl (C=O) groups is 2. The van der Waals surface area contributed by atoms with Crippen LogP contribution < -0.4 is 0 Å². The van der Waals surface area contributed by atoms with Crippen LogP contribution in [0.4, 0.5) is 19.3 Å². The number of piperidine rings is 1. The van der Waals surface area contributed by atoms with Crippen LogP contribution in [-0.2, 0) is 22.5 Å². The Morgan fingerprint density at radius 1 is 0.950 bits per heavy atom. The average molecular weight is 553 g/mol. The molecule has 214 valence electrons. The number of rotatable bonds is 5. The zero-order valence-corrected chi connectivity index (χ0v) is 23.5. The van der Waals surface area contributed by atoms with Crippen LogP contribution in [-0.4, -0.2) is 77.3 Å². The molecule has 2 fully saturated rings. The van der Waals surface area contributed by atoms with Crippen molar-refractivity contribution in [1.29, 1.82) is 0 Å². The van der Waals surface area contributed by atoms with Crippen molar-refractivity contribution in [3.63, 3.8) is 0 Å². The predicted octanol–water partition coefficient (Wildman–Crippen LogP) is 5.71. The molecule has 7 nitrogen and oxygen atoms in total. The summed E-state index contributed by atoms with van der Waals surface area (Å²) in [5.74, 6) is 0.354. The maximum absolute atomic E-state index is 13.3. The van der Waals surface area contributed by atoms with Crippen LogP contribution in [0.1, 0.15) is 68.2 Å². The van der Waals surface area contributed by atoms with Gasteiger partial charge in [0, 0.05) is 57.8 Å². The molecule has 2 saturated heterocycles. The lowest BCUT2D eigenvalue weighted by molar-refractivity contribution is -0.125. The second kappa shape index (κ2) is 11.6. The second-order valence-electron chi connectivity index (χ2n) is 12.0. The number of nitrogens with zero attached hydrogens (tertiary/aromatic N) is 4. The number of hydrogen-bond donors (Lipinski definition) is 0. The molecule has 9 heteroatoms. The molecule has 0 unspecified atom stereocenters. The molecular formula is C31H38F2N4O3. The first-order valence-electron chi connectivity index (χ1n) is 14.1. The van der Waals surface area contributed by atoms with Gasteiger partial charge < -0.3 is 14.5 Å². The minimum Gasteiger partial charge on any atom is -0.444 e. The van der Waals surface area contributed by atoms with Crippen molar-refractivity contribution in [3.05, 3.63) is 64.7 Å². The smallest absolute Gasteiger partial charge is 0.410 e. The van der Waals surface area contributed by atoms with Crippen LogP contribution in [0.15, 0.2) is 47.5 Å². The van der Waals surface area contributed by atoms with E-state index in [2.05, 4.69) is 22.0 Å². The summed E-state index contributed by atoms with van der Waals surface area (Å²) >= 11 is 0. The minimum absolute atomic E-state index is 0.00986. The quantitative estimate of drug-likeness (QED) is 0.477. The Kier molecular flexibility index (Phi) is 8.21. The highest BCUT2D eigenvalue weighted by Gasteiger charge is 2.30. The van der Waals surface area contributed by atoms with Crippen molar-refractivity contribution >= 4 is 23.4 Å². The van der Waals surface area contributed by atoms with Gasteiger partial charge in [-0.05, 0) is 62.3 Å². The summed E-state index contributed by atoms with van der Waals surface area (Å²) in [4.78, 5) is 36.3. The van der Waals surface area contributed by atoms with Gasteiger partial charge in [-0.2, -0.15) is 0 Å². The topological polar surface area (TPSA) is 65.5 Å². The Hall–Kier alpha value is -3.33. The number of ether oxygens (including phenoxy) is 1. The third-order valence-corrected chi connectivity index (χ3v) is 7.88. The normalized spacial score (nSPS) is 18.6. The van der Waals surface area contributed by atoms with Crippen molar-refractivity contribution < 1.29 is 23.1 Å². The van der Waals surface area contributed by atoms with Gasteiger partial charge in [-0.3, -0.25) is 9.69 Å². The lowest BCUT2D eigenvalue weighted by Gasteiger charge is -2.34. The predicted molar refractivity (Wildman–Crippen MR) is 150 cm³/mol. The first-order chi connectivity index (χ1) is 19.1. The van der Waals surface area contributed by atoms with Gasteiger partial charge in [-0.1, -0.05) is 36.4 Å². The number of amides is 2. The number of likely N-dealkylation sites (tertiary alicyclic amines) is 1. The molecule has 0 spiro atoms. The largest absolute Gasteiger partial charge is 0.444 e. The Bertz CT molecular complexity index is 1260. The van der Waals surface area contributed by atoms with Crippen molar-refractivity contribution in [2.24, 2.45) is 4.99 Å². The molecule has 2 aromatic carbocycles. The van der Waals surface area contributed by atoms with Crippen molar-refractivity contribution in [3.8, 4) is 0 Å². The molecule has 0 aromatic heterocycles. The van der Waals surface area contributed by atoms with Crippen LogP contribution in [0, 0.1) is 0 Å². The van der Waals surface area contributed by atoms with E-state index in [4.69, 9.17) is 4.74 Å². The average Bonchev–Trinajstić information content (AvgIpc) is 3.36. The van der Waals surface area contributed by atoms with E-state index in [1.165, 1.54) is 17.7 Å².